The van der Waals surface area contributed by atoms with E-state index in [1.807, 2.05) is 37.3 Å². The van der Waals surface area contributed by atoms with Crippen LogP contribution in [0, 0.1) is 0 Å². The van der Waals surface area contributed by atoms with E-state index in [0.29, 0.717) is 23.5 Å². The number of nitrogens with two attached hydrogens (primary N) is 1. The predicted octanol–water partition coefficient (Wildman–Crippen LogP) is 4.46. The van der Waals surface area contributed by atoms with Gasteiger partial charge in [0.1, 0.15) is 5.75 Å². The first-order valence-electron chi connectivity index (χ1n) is 11.0. The van der Waals surface area contributed by atoms with Crippen molar-refractivity contribution in [3.8, 4) is 11.4 Å². The number of hydrogen-bond acceptors (Lipinski definition) is 6. The lowest BCUT2D eigenvalue weighted by atomic mass is 9.74. The maximum Gasteiger partial charge on any atom is 0.453 e. The molecule has 2 aromatic carbocycles. The molecule has 0 saturated carbocycles. The Balaban J connectivity index is 0.00000216. The molecule has 3 N–H and O–H groups in total. The molecule has 1 aromatic heterocycles. The Morgan fingerprint density at radius 1 is 1.17 bits per heavy atom. The second-order valence-corrected chi connectivity index (χ2v) is 8.24. The molecule has 1 aliphatic rings. The van der Waals surface area contributed by atoms with Gasteiger partial charge in [0.05, 0.1) is 17.8 Å². The van der Waals surface area contributed by atoms with Crippen LogP contribution in [0.2, 0.25) is 0 Å². The molecule has 2 atom stereocenters. The number of nitrogens with one attached hydrogen (secondary N) is 1. The maximum absolute atomic E-state index is 13.4. The lowest BCUT2D eigenvalue weighted by Gasteiger charge is -2.44. The Bertz CT molecular complexity index is 1080. The number of hydrogen-bond donors (Lipinski definition) is 2. The third-order valence-corrected chi connectivity index (χ3v) is 6.00. The molecule has 0 amide bonds. The largest absolute Gasteiger partial charge is 0.493 e. The van der Waals surface area contributed by atoms with E-state index in [9.17, 15) is 13.2 Å². The molecular weight excluding hydrogens is 504 g/mol. The van der Waals surface area contributed by atoms with Crippen LogP contribution in [0.3, 0.4) is 0 Å². The Morgan fingerprint density at radius 2 is 1.91 bits per heavy atom. The fourth-order valence-electron chi connectivity index (χ4n) is 4.39. The summed E-state index contributed by atoms with van der Waals surface area (Å²) in [7, 11) is 0. The minimum absolute atomic E-state index is 0. The molecule has 0 radical (unpaired) electrons. The summed E-state index contributed by atoms with van der Waals surface area (Å²) < 4.78 is 46.9. The van der Waals surface area contributed by atoms with Crippen molar-refractivity contribution in [1.29, 1.82) is 0 Å². The highest BCUT2D eigenvalue weighted by Gasteiger charge is 2.41. The molecule has 2 heterocycles. The van der Waals surface area contributed by atoms with Crippen LogP contribution >= 0.6 is 24.8 Å². The molecule has 0 unspecified atom stereocenters. The van der Waals surface area contributed by atoms with Crippen molar-refractivity contribution in [2.24, 2.45) is 5.73 Å². The third kappa shape index (κ3) is 6.06. The number of rotatable bonds is 7. The molecule has 4 rings (SSSR count). The Kier molecular flexibility index (Phi) is 9.91. The molecule has 1 fully saturated rings. The quantitative estimate of drug-likeness (QED) is 0.466. The number of halogens is 5. The summed E-state index contributed by atoms with van der Waals surface area (Å²) in [5.74, 6) is -0.571. The standard InChI is InChI=1S/C23H27F3N6O.2ClH/c1-2-13-33-19-11-10-18(32-21(23(24,25)26)29-30-31-32)14-16(19)15-22(17-7-4-3-5-8-17)20(27)9-6-12-28-22;;/h3-5,7-8,10-11,14,20,28H,2,6,9,12-13,15,27H2,1H3;2*1H/t20-,22-;;/m0../s1. The lowest BCUT2D eigenvalue weighted by molar-refractivity contribution is -0.146. The lowest BCUT2D eigenvalue weighted by Crippen LogP contribution is -2.60. The van der Waals surface area contributed by atoms with Gasteiger partial charge in [-0.05, 0) is 72.0 Å². The SMILES string of the molecule is CCCOc1ccc(-n2nnnc2C(F)(F)F)cc1C[C@@]1(c2ccccc2)NCCC[C@@H]1N.Cl.Cl. The summed E-state index contributed by atoms with van der Waals surface area (Å²) in [6, 6.07) is 14.6. The van der Waals surface area contributed by atoms with Crippen molar-refractivity contribution < 1.29 is 17.9 Å². The van der Waals surface area contributed by atoms with Gasteiger partial charge in [-0.1, -0.05) is 37.3 Å². The predicted molar refractivity (Wildman–Crippen MR) is 131 cm³/mol. The second-order valence-electron chi connectivity index (χ2n) is 8.24. The first kappa shape index (κ1) is 28.8. The number of aromatic nitrogens is 4. The van der Waals surface area contributed by atoms with Crippen molar-refractivity contribution >= 4 is 24.8 Å². The first-order chi connectivity index (χ1) is 15.8. The molecule has 12 heteroatoms. The van der Waals surface area contributed by atoms with Gasteiger partial charge >= 0.3 is 6.18 Å². The number of alkyl halides is 3. The number of ether oxygens (including phenoxy) is 1. The van der Waals surface area contributed by atoms with Crippen LogP contribution < -0.4 is 15.8 Å². The zero-order chi connectivity index (χ0) is 23.5. The summed E-state index contributed by atoms with van der Waals surface area (Å²) in [6.45, 7) is 3.27. The van der Waals surface area contributed by atoms with Crippen LogP contribution in [0.15, 0.2) is 48.5 Å². The average Bonchev–Trinajstić information content (AvgIpc) is 3.31. The second kappa shape index (κ2) is 12.0. The van der Waals surface area contributed by atoms with E-state index in [1.54, 1.807) is 12.1 Å². The highest BCUT2D eigenvalue weighted by molar-refractivity contribution is 5.85. The van der Waals surface area contributed by atoms with Gasteiger partial charge in [0, 0.05) is 6.04 Å². The summed E-state index contributed by atoms with van der Waals surface area (Å²) in [6.07, 6.45) is -1.66. The zero-order valence-electron chi connectivity index (χ0n) is 19.2. The van der Waals surface area contributed by atoms with Crippen LogP contribution in [0.4, 0.5) is 13.2 Å². The fourth-order valence-corrected chi connectivity index (χ4v) is 4.39. The van der Waals surface area contributed by atoms with Gasteiger partial charge < -0.3 is 15.8 Å². The van der Waals surface area contributed by atoms with E-state index >= 15 is 0 Å². The van der Waals surface area contributed by atoms with E-state index in [-0.39, 0.29) is 36.5 Å². The van der Waals surface area contributed by atoms with E-state index in [0.717, 1.165) is 36.9 Å². The number of benzene rings is 2. The van der Waals surface area contributed by atoms with Crippen LogP contribution in [0.5, 0.6) is 5.75 Å². The zero-order valence-corrected chi connectivity index (χ0v) is 20.8. The highest BCUT2D eigenvalue weighted by Crippen LogP contribution is 2.37. The third-order valence-electron chi connectivity index (χ3n) is 6.00. The molecule has 192 valence electrons. The summed E-state index contributed by atoms with van der Waals surface area (Å²) in [5.41, 5.74) is 8.05. The Labute approximate surface area is 214 Å². The van der Waals surface area contributed by atoms with Crippen LogP contribution in [0.1, 0.15) is 43.1 Å². The van der Waals surface area contributed by atoms with Gasteiger partial charge in [0.15, 0.2) is 0 Å². The van der Waals surface area contributed by atoms with E-state index in [4.69, 9.17) is 10.5 Å². The topological polar surface area (TPSA) is 90.9 Å². The Hall–Kier alpha value is -2.40. The number of piperidine rings is 1. The van der Waals surface area contributed by atoms with E-state index in [1.165, 1.54) is 6.07 Å². The van der Waals surface area contributed by atoms with Crippen LogP contribution in [-0.4, -0.2) is 39.4 Å². The molecule has 35 heavy (non-hydrogen) atoms. The first-order valence-corrected chi connectivity index (χ1v) is 11.0. The van der Waals surface area contributed by atoms with Gasteiger partial charge in [-0.25, -0.2) is 0 Å². The van der Waals surface area contributed by atoms with Gasteiger partial charge in [0.2, 0.25) is 0 Å². The molecule has 1 saturated heterocycles. The van der Waals surface area contributed by atoms with Crippen LogP contribution in [0.25, 0.3) is 5.69 Å². The normalized spacial score (nSPS) is 20.0. The van der Waals surface area contributed by atoms with Crippen molar-refractivity contribution in [1.82, 2.24) is 25.5 Å². The van der Waals surface area contributed by atoms with Crippen molar-refractivity contribution in [2.75, 3.05) is 13.2 Å². The number of nitrogens with zero attached hydrogens (tertiary/aromatic N) is 4. The highest BCUT2D eigenvalue weighted by atomic mass is 35.5. The average molecular weight is 533 g/mol. The minimum atomic E-state index is -4.68. The summed E-state index contributed by atoms with van der Waals surface area (Å²) in [4.78, 5) is 0. The summed E-state index contributed by atoms with van der Waals surface area (Å²) in [5, 5.41) is 13.6. The van der Waals surface area contributed by atoms with E-state index < -0.39 is 17.5 Å². The van der Waals surface area contributed by atoms with Gasteiger partial charge in [-0.15, -0.1) is 29.9 Å². The van der Waals surface area contributed by atoms with E-state index in [2.05, 4.69) is 20.8 Å². The summed E-state index contributed by atoms with van der Waals surface area (Å²) >= 11 is 0. The van der Waals surface area contributed by atoms with Gasteiger partial charge in [-0.3, -0.25) is 0 Å². The molecular formula is C23H29Cl2F3N6O. The van der Waals surface area contributed by atoms with Crippen molar-refractivity contribution in [3.05, 3.63) is 65.5 Å². The van der Waals surface area contributed by atoms with Gasteiger partial charge in [-0.2, -0.15) is 17.9 Å². The molecule has 7 nitrogen and oxygen atoms in total. The smallest absolute Gasteiger partial charge is 0.453 e. The molecule has 3 aromatic rings. The minimum Gasteiger partial charge on any atom is -0.493 e. The van der Waals surface area contributed by atoms with Crippen molar-refractivity contribution in [2.45, 2.75) is 50.4 Å². The molecule has 0 spiro atoms. The fraction of sp³-hybridized carbons (Fsp3) is 0.435. The molecule has 0 aliphatic carbocycles. The Morgan fingerprint density at radius 3 is 2.57 bits per heavy atom. The van der Waals surface area contributed by atoms with Crippen molar-refractivity contribution in [3.63, 3.8) is 0 Å². The molecule has 1 aliphatic heterocycles. The monoisotopic (exact) mass is 532 g/mol. The van der Waals surface area contributed by atoms with Gasteiger partial charge in [0.25, 0.3) is 5.82 Å². The maximum atomic E-state index is 13.4. The van der Waals surface area contributed by atoms with Crippen LogP contribution in [-0.2, 0) is 18.1 Å². The number of tetrazole rings is 1. The molecule has 0 bridgehead atoms.